The molecule has 0 saturated heterocycles. The number of hydrogen-bond acceptors (Lipinski definition) is 2. The molecular weight excluding hydrogens is 294 g/mol. The van der Waals surface area contributed by atoms with Crippen LogP contribution in [0.3, 0.4) is 0 Å². The molecule has 0 amide bonds. The van der Waals surface area contributed by atoms with Gasteiger partial charge in [-0.2, -0.15) is 0 Å². The first kappa shape index (κ1) is 11.0. The van der Waals surface area contributed by atoms with Gasteiger partial charge in [-0.3, -0.25) is 4.98 Å². The molecule has 1 aromatic heterocycles. The van der Waals surface area contributed by atoms with Crippen LogP contribution in [0, 0.1) is 0 Å². The predicted octanol–water partition coefficient (Wildman–Crippen LogP) is 4.65. The fraction of sp³-hybridized carbons (Fsp3) is 0. The molecule has 0 saturated carbocycles. The second kappa shape index (κ2) is 5.01. The lowest BCUT2D eigenvalue weighted by atomic mass is 10.4. The van der Waals surface area contributed by atoms with E-state index in [1.807, 2.05) is 36.5 Å². The molecule has 2 aromatic rings. The van der Waals surface area contributed by atoms with E-state index in [-0.39, 0.29) is 0 Å². The van der Waals surface area contributed by atoms with Gasteiger partial charge in [-0.05, 0) is 40.2 Å². The predicted molar refractivity (Wildman–Crippen MR) is 67.5 cm³/mol. The molecule has 0 aliphatic rings. The Labute approximate surface area is 106 Å². The third-order valence-corrected chi connectivity index (χ3v) is 3.33. The van der Waals surface area contributed by atoms with E-state index in [1.165, 1.54) is 0 Å². The smallest absolute Gasteiger partial charge is 0.0417 e. The third-order valence-electron chi connectivity index (χ3n) is 1.71. The Balaban J connectivity index is 2.22. The van der Waals surface area contributed by atoms with Crippen molar-refractivity contribution >= 4 is 39.3 Å². The van der Waals surface area contributed by atoms with Gasteiger partial charge in [-0.15, -0.1) is 0 Å². The van der Waals surface area contributed by atoms with Gasteiger partial charge in [0, 0.05) is 31.7 Å². The summed E-state index contributed by atoms with van der Waals surface area (Å²) in [4.78, 5) is 6.30. The summed E-state index contributed by atoms with van der Waals surface area (Å²) in [6.45, 7) is 0. The van der Waals surface area contributed by atoms with Gasteiger partial charge in [-0.25, -0.2) is 0 Å². The van der Waals surface area contributed by atoms with Gasteiger partial charge in [0.05, 0.1) is 0 Å². The number of benzene rings is 1. The maximum atomic E-state index is 5.90. The van der Waals surface area contributed by atoms with Crippen molar-refractivity contribution in [2.24, 2.45) is 0 Å². The van der Waals surface area contributed by atoms with E-state index in [0.29, 0.717) is 0 Å². The normalized spacial score (nSPS) is 10.3. The highest BCUT2D eigenvalue weighted by Gasteiger charge is 1.99. The maximum absolute atomic E-state index is 5.90. The SMILES string of the molecule is Clc1cccc(Sc2cncc(Br)c2)c1. The van der Waals surface area contributed by atoms with E-state index in [4.69, 9.17) is 11.6 Å². The number of halogens is 2. The van der Waals surface area contributed by atoms with Crippen LogP contribution in [0.5, 0.6) is 0 Å². The fourth-order valence-electron chi connectivity index (χ4n) is 1.11. The lowest BCUT2D eigenvalue weighted by molar-refractivity contribution is 1.22. The van der Waals surface area contributed by atoms with Gasteiger partial charge < -0.3 is 0 Å². The average Bonchev–Trinajstić information content (AvgIpc) is 2.17. The highest BCUT2D eigenvalue weighted by molar-refractivity contribution is 9.10. The van der Waals surface area contributed by atoms with Crippen molar-refractivity contribution in [3.63, 3.8) is 0 Å². The van der Waals surface area contributed by atoms with E-state index in [0.717, 1.165) is 19.3 Å². The average molecular weight is 301 g/mol. The first-order chi connectivity index (χ1) is 7.24. The zero-order chi connectivity index (χ0) is 10.7. The van der Waals surface area contributed by atoms with Gasteiger partial charge in [-0.1, -0.05) is 29.4 Å². The largest absolute Gasteiger partial charge is 0.262 e. The number of nitrogens with zero attached hydrogens (tertiary/aromatic N) is 1. The molecule has 0 radical (unpaired) electrons. The van der Waals surface area contributed by atoms with E-state index in [1.54, 1.807) is 18.0 Å². The minimum absolute atomic E-state index is 0.753. The molecule has 1 nitrogen and oxygen atoms in total. The summed E-state index contributed by atoms with van der Waals surface area (Å²) in [6.07, 6.45) is 3.60. The first-order valence-electron chi connectivity index (χ1n) is 4.28. The maximum Gasteiger partial charge on any atom is 0.0417 e. The van der Waals surface area contributed by atoms with E-state index < -0.39 is 0 Å². The minimum atomic E-state index is 0.753. The van der Waals surface area contributed by atoms with Crippen LogP contribution >= 0.6 is 39.3 Å². The van der Waals surface area contributed by atoms with Crippen molar-refractivity contribution in [1.29, 1.82) is 0 Å². The molecule has 4 heteroatoms. The Morgan fingerprint density at radius 2 is 2.00 bits per heavy atom. The Morgan fingerprint density at radius 1 is 1.13 bits per heavy atom. The summed E-state index contributed by atoms with van der Waals surface area (Å²) in [6, 6.07) is 9.80. The fourth-order valence-corrected chi connectivity index (χ4v) is 2.79. The summed E-state index contributed by atoms with van der Waals surface area (Å²) in [5, 5.41) is 0.753. The molecule has 0 aliphatic heterocycles. The van der Waals surface area contributed by atoms with Crippen molar-refractivity contribution in [2.45, 2.75) is 9.79 Å². The van der Waals surface area contributed by atoms with Gasteiger partial charge in [0.2, 0.25) is 0 Å². The second-order valence-corrected chi connectivity index (χ2v) is 5.40. The van der Waals surface area contributed by atoms with Crippen LogP contribution < -0.4 is 0 Å². The van der Waals surface area contributed by atoms with Crippen molar-refractivity contribution in [3.8, 4) is 0 Å². The molecule has 0 atom stereocenters. The molecule has 1 aromatic carbocycles. The Bertz CT molecular complexity index is 432. The Hall–Kier alpha value is -0.510. The first-order valence-corrected chi connectivity index (χ1v) is 6.27. The van der Waals surface area contributed by atoms with E-state index >= 15 is 0 Å². The number of rotatable bonds is 2. The van der Waals surface area contributed by atoms with Crippen LogP contribution in [-0.4, -0.2) is 4.98 Å². The third kappa shape index (κ3) is 3.23. The van der Waals surface area contributed by atoms with E-state index in [9.17, 15) is 0 Å². The Kier molecular flexibility index (Phi) is 3.67. The highest BCUT2D eigenvalue weighted by Crippen LogP contribution is 2.29. The van der Waals surface area contributed by atoms with Gasteiger partial charge in [0.1, 0.15) is 0 Å². The second-order valence-electron chi connectivity index (χ2n) is 2.90. The van der Waals surface area contributed by atoms with Crippen LogP contribution in [0.4, 0.5) is 0 Å². The molecule has 0 N–H and O–H groups in total. The summed E-state index contributed by atoms with van der Waals surface area (Å²) in [7, 11) is 0. The molecule has 2 rings (SSSR count). The zero-order valence-corrected chi connectivity index (χ0v) is 10.8. The quantitative estimate of drug-likeness (QED) is 0.801. The van der Waals surface area contributed by atoms with Gasteiger partial charge >= 0.3 is 0 Å². The van der Waals surface area contributed by atoms with Crippen LogP contribution in [0.2, 0.25) is 5.02 Å². The van der Waals surface area contributed by atoms with Crippen molar-refractivity contribution < 1.29 is 0 Å². The molecule has 0 fully saturated rings. The lowest BCUT2D eigenvalue weighted by Crippen LogP contribution is -1.77. The lowest BCUT2D eigenvalue weighted by Gasteiger charge is -2.01. The van der Waals surface area contributed by atoms with Gasteiger partial charge in [0.25, 0.3) is 0 Å². The van der Waals surface area contributed by atoms with Crippen LogP contribution in [0.15, 0.2) is 57.0 Å². The summed E-state index contributed by atoms with van der Waals surface area (Å²) >= 11 is 10.9. The van der Waals surface area contributed by atoms with E-state index in [2.05, 4.69) is 20.9 Å². The standard InChI is InChI=1S/C11H7BrClNS/c12-8-4-11(7-14-6-8)15-10-3-1-2-9(13)5-10/h1-7H. The van der Waals surface area contributed by atoms with Crippen LogP contribution in [0.1, 0.15) is 0 Å². The molecule has 15 heavy (non-hydrogen) atoms. The number of aromatic nitrogens is 1. The molecular formula is C11H7BrClNS. The van der Waals surface area contributed by atoms with Crippen molar-refractivity contribution in [1.82, 2.24) is 4.98 Å². The van der Waals surface area contributed by atoms with Crippen LogP contribution in [0.25, 0.3) is 0 Å². The topological polar surface area (TPSA) is 12.9 Å². The number of hydrogen-bond donors (Lipinski definition) is 0. The molecule has 1 heterocycles. The van der Waals surface area contributed by atoms with Crippen LogP contribution in [-0.2, 0) is 0 Å². The van der Waals surface area contributed by atoms with Gasteiger partial charge in [0.15, 0.2) is 0 Å². The monoisotopic (exact) mass is 299 g/mol. The molecule has 0 bridgehead atoms. The zero-order valence-electron chi connectivity index (χ0n) is 7.65. The minimum Gasteiger partial charge on any atom is -0.262 e. The number of pyridine rings is 1. The molecule has 0 aliphatic carbocycles. The summed E-state index contributed by atoms with van der Waals surface area (Å²) in [5.41, 5.74) is 0. The highest BCUT2D eigenvalue weighted by atomic mass is 79.9. The summed E-state index contributed by atoms with van der Waals surface area (Å²) < 4.78 is 0.981. The molecule has 76 valence electrons. The molecule has 0 spiro atoms. The molecule has 0 unspecified atom stereocenters. The Morgan fingerprint density at radius 3 is 2.73 bits per heavy atom. The summed E-state index contributed by atoms with van der Waals surface area (Å²) in [5.74, 6) is 0. The van der Waals surface area contributed by atoms with Crippen molar-refractivity contribution in [3.05, 3.63) is 52.2 Å². The van der Waals surface area contributed by atoms with Crippen molar-refractivity contribution in [2.75, 3.05) is 0 Å².